The highest BCUT2D eigenvalue weighted by Gasteiger charge is 2.14. The van der Waals surface area contributed by atoms with Crippen molar-refractivity contribution in [3.8, 4) is 11.5 Å². The van der Waals surface area contributed by atoms with Crippen molar-refractivity contribution in [1.82, 2.24) is 5.32 Å². The molecule has 1 fully saturated rings. The van der Waals surface area contributed by atoms with E-state index in [1.54, 1.807) is 7.11 Å². The number of benzene rings is 1. The summed E-state index contributed by atoms with van der Waals surface area (Å²) >= 11 is 0. The molecule has 2 N–H and O–H groups in total. The predicted octanol–water partition coefficient (Wildman–Crippen LogP) is 3.06. The Bertz CT molecular complexity index is 574. The molecule has 0 amide bonds. The number of hydrogen-bond donors (Lipinski definition) is 2. The van der Waals surface area contributed by atoms with Crippen molar-refractivity contribution in [1.29, 1.82) is 0 Å². The smallest absolute Gasteiger partial charge is 0.195 e. The zero-order valence-corrected chi connectivity index (χ0v) is 16.8. The average Bonchev–Trinajstić information content (AvgIpc) is 3.19. The van der Waals surface area contributed by atoms with Gasteiger partial charge in [0.15, 0.2) is 17.5 Å². The van der Waals surface area contributed by atoms with E-state index in [9.17, 15) is 0 Å². The van der Waals surface area contributed by atoms with Gasteiger partial charge in [-0.3, -0.25) is 4.99 Å². The zero-order valence-electron chi connectivity index (χ0n) is 16.8. The highest BCUT2D eigenvalue weighted by Crippen LogP contribution is 2.30. The maximum atomic E-state index is 5.68. The summed E-state index contributed by atoms with van der Waals surface area (Å²) in [4.78, 5) is 4.60. The lowest BCUT2D eigenvalue weighted by atomic mass is 10.2. The molecular weight excluding hydrogens is 346 g/mol. The first-order valence-electron chi connectivity index (χ1n) is 9.82. The molecule has 0 aromatic heterocycles. The van der Waals surface area contributed by atoms with Crippen LogP contribution >= 0.6 is 0 Å². The molecule has 1 unspecified atom stereocenters. The van der Waals surface area contributed by atoms with E-state index in [0.29, 0.717) is 32.1 Å². The van der Waals surface area contributed by atoms with E-state index in [0.717, 1.165) is 49.8 Å². The van der Waals surface area contributed by atoms with Gasteiger partial charge in [-0.15, -0.1) is 0 Å². The number of anilines is 1. The van der Waals surface area contributed by atoms with Crippen molar-refractivity contribution in [3.05, 3.63) is 18.2 Å². The SMILES string of the molecule is CCNC(=NCCCOCC1CCCO1)Nc1ccc(OCC)c(OC)c1. The Hall–Kier alpha value is -1.99. The Morgan fingerprint density at radius 1 is 1.30 bits per heavy atom. The van der Waals surface area contributed by atoms with Gasteiger partial charge in [-0.1, -0.05) is 0 Å². The number of aliphatic imine (C=N–C) groups is 1. The molecule has 0 aliphatic carbocycles. The number of ether oxygens (including phenoxy) is 4. The van der Waals surface area contributed by atoms with E-state index in [2.05, 4.69) is 15.6 Å². The van der Waals surface area contributed by atoms with E-state index >= 15 is 0 Å². The summed E-state index contributed by atoms with van der Waals surface area (Å²) in [5, 5.41) is 6.55. The van der Waals surface area contributed by atoms with Crippen LogP contribution in [0.1, 0.15) is 33.1 Å². The fourth-order valence-electron chi connectivity index (χ4n) is 2.81. The molecule has 1 heterocycles. The van der Waals surface area contributed by atoms with E-state index in [-0.39, 0.29) is 6.10 Å². The number of rotatable bonds is 11. The van der Waals surface area contributed by atoms with Crippen molar-refractivity contribution in [3.63, 3.8) is 0 Å². The number of methoxy groups -OCH3 is 1. The Labute approximate surface area is 162 Å². The van der Waals surface area contributed by atoms with E-state index in [1.807, 2.05) is 32.0 Å². The van der Waals surface area contributed by atoms with Crippen LogP contribution in [0.4, 0.5) is 5.69 Å². The second-order valence-electron chi connectivity index (χ2n) is 6.25. The second-order valence-corrected chi connectivity index (χ2v) is 6.25. The average molecular weight is 380 g/mol. The third-order valence-electron chi connectivity index (χ3n) is 4.11. The summed E-state index contributed by atoms with van der Waals surface area (Å²) in [5.74, 6) is 2.17. The largest absolute Gasteiger partial charge is 0.493 e. The molecule has 7 heteroatoms. The Balaban J connectivity index is 1.80. The Morgan fingerprint density at radius 2 is 2.19 bits per heavy atom. The zero-order chi connectivity index (χ0) is 19.3. The molecule has 1 aliphatic heterocycles. The Morgan fingerprint density at radius 3 is 2.89 bits per heavy atom. The Kier molecular flexibility index (Phi) is 9.79. The third-order valence-corrected chi connectivity index (χ3v) is 4.11. The van der Waals surface area contributed by atoms with Crippen LogP contribution in [-0.2, 0) is 9.47 Å². The van der Waals surface area contributed by atoms with Gasteiger partial charge in [-0.25, -0.2) is 0 Å². The molecule has 0 bridgehead atoms. The van der Waals surface area contributed by atoms with Crippen LogP contribution in [0.15, 0.2) is 23.2 Å². The van der Waals surface area contributed by atoms with Crippen molar-refractivity contribution in [2.75, 3.05) is 51.9 Å². The summed E-state index contributed by atoms with van der Waals surface area (Å²) in [6.45, 7) is 8.32. The van der Waals surface area contributed by atoms with Crippen LogP contribution in [0, 0.1) is 0 Å². The summed E-state index contributed by atoms with van der Waals surface area (Å²) in [6.07, 6.45) is 3.41. The first-order valence-corrected chi connectivity index (χ1v) is 9.82. The van der Waals surface area contributed by atoms with Gasteiger partial charge < -0.3 is 29.6 Å². The minimum absolute atomic E-state index is 0.280. The maximum absolute atomic E-state index is 5.68. The minimum atomic E-state index is 0.280. The van der Waals surface area contributed by atoms with E-state index < -0.39 is 0 Å². The minimum Gasteiger partial charge on any atom is -0.493 e. The van der Waals surface area contributed by atoms with Gasteiger partial charge in [0, 0.05) is 38.1 Å². The first kappa shape index (κ1) is 21.3. The van der Waals surface area contributed by atoms with Crippen molar-refractivity contribution in [2.24, 2.45) is 4.99 Å². The molecule has 27 heavy (non-hydrogen) atoms. The van der Waals surface area contributed by atoms with Gasteiger partial charge in [0.05, 0.1) is 26.4 Å². The molecule has 152 valence electrons. The van der Waals surface area contributed by atoms with E-state index in [4.69, 9.17) is 18.9 Å². The monoisotopic (exact) mass is 379 g/mol. The van der Waals surface area contributed by atoms with Crippen LogP contribution in [0.5, 0.6) is 11.5 Å². The molecule has 1 aliphatic rings. The van der Waals surface area contributed by atoms with Crippen LogP contribution in [0.2, 0.25) is 0 Å². The van der Waals surface area contributed by atoms with Crippen LogP contribution in [0.25, 0.3) is 0 Å². The number of hydrogen-bond acceptors (Lipinski definition) is 5. The number of guanidine groups is 1. The van der Waals surface area contributed by atoms with Crippen LogP contribution in [-0.4, -0.2) is 58.7 Å². The summed E-state index contributed by atoms with van der Waals surface area (Å²) < 4.78 is 22.2. The maximum Gasteiger partial charge on any atom is 0.195 e. The molecule has 0 radical (unpaired) electrons. The van der Waals surface area contributed by atoms with Crippen molar-refractivity contribution >= 4 is 11.6 Å². The molecule has 1 atom stereocenters. The summed E-state index contributed by atoms with van der Waals surface area (Å²) in [7, 11) is 1.64. The molecule has 1 saturated heterocycles. The molecule has 2 rings (SSSR count). The standard InChI is InChI=1S/C20H33N3O4/c1-4-21-20(22-11-7-12-25-15-17-8-6-13-27-17)23-16-9-10-18(26-5-2)19(14-16)24-3/h9-10,14,17H,4-8,11-13,15H2,1-3H3,(H2,21,22,23). The first-order chi connectivity index (χ1) is 13.3. The lowest BCUT2D eigenvalue weighted by Crippen LogP contribution is -2.30. The highest BCUT2D eigenvalue weighted by atomic mass is 16.5. The summed E-state index contributed by atoms with van der Waals surface area (Å²) in [5.41, 5.74) is 0.893. The van der Waals surface area contributed by atoms with Crippen molar-refractivity contribution in [2.45, 2.75) is 39.2 Å². The van der Waals surface area contributed by atoms with Crippen LogP contribution < -0.4 is 20.1 Å². The lowest BCUT2D eigenvalue weighted by Gasteiger charge is -2.14. The number of nitrogens with one attached hydrogen (secondary N) is 2. The molecule has 1 aromatic rings. The third kappa shape index (κ3) is 7.64. The van der Waals surface area contributed by atoms with Gasteiger partial charge in [0.1, 0.15) is 0 Å². The molecule has 1 aromatic carbocycles. The lowest BCUT2D eigenvalue weighted by molar-refractivity contribution is 0.0171. The van der Waals surface area contributed by atoms with Crippen LogP contribution in [0.3, 0.4) is 0 Å². The molecule has 7 nitrogen and oxygen atoms in total. The summed E-state index contributed by atoms with van der Waals surface area (Å²) in [6, 6.07) is 5.75. The van der Waals surface area contributed by atoms with Gasteiger partial charge in [0.2, 0.25) is 0 Å². The van der Waals surface area contributed by atoms with E-state index in [1.165, 1.54) is 0 Å². The normalized spacial score (nSPS) is 17.0. The molecule has 0 saturated carbocycles. The quantitative estimate of drug-likeness (QED) is 0.350. The fourth-order valence-corrected chi connectivity index (χ4v) is 2.81. The number of nitrogens with zero attached hydrogens (tertiary/aromatic N) is 1. The fraction of sp³-hybridized carbons (Fsp3) is 0.650. The van der Waals surface area contributed by atoms with Gasteiger partial charge >= 0.3 is 0 Å². The highest BCUT2D eigenvalue weighted by molar-refractivity contribution is 5.93. The molecular formula is C20H33N3O4. The topological polar surface area (TPSA) is 73.3 Å². The second kappa shape index (κ2) is 12.4. The van der Waals surface area contributed by atoms with Gasteiger partial charge in [-0.05, 0) is 45.2 Å². The van der Waals surface area contributed by atoms with Crippen molar-refractivity contribution < 1.29 is 18.9 Å². The predicted molar refractivity (Wildman–Crippen MR) is 108 cm³/mol. The molecule has 0 spiro atoms. The van der Waals surface area contributed by atoms with Gasteiger partial charge in [0.25, 0.3) is 0 Å². The van der Waals surface area contributed by atoms with Gasteiger partial charge in [-0.2, -0.15) is 0 Å².